The van der Waals surface area contributed by atoms with Crippen molar-refractivity contribution in [3.63, 3.8) is 0 Å². The highest BCUT2D eigenvalue weighted by Gasteiger charge is 2.58. The second kappa shape index (κ2) is 10.5. The molecule has 0 saturated heterocycles. The number of benzene rings is 1. The third kappa shape index (κ3) is 6.08. The minimum atomic E-state index is -5.96. The lowest BCUT2D eigenvalue weighted by molar-refractivity contribution is -0.278. The number of carbonyl (C=O) groups is 2. The highest BCUT2D eigenvalue weighted by Crippen LogP contribution is 2.36. The number of ether oxygens (including phenoxy) is 2. The van der Waals surface area contributed by atoms with E-state index in [2.05, 4.69) is 5.32 Å². The minimum absolute atomic E-state index is 0.124. The first kappa shape index (κ1) is 28.5. The Morgan fingerprint density at radius 3 is 2.37 bits per heavy atom. The van der Waals surface area contributed by atoms with Gasteiger partial charge in [0.2, 0.25) is 5.60 Å². The normalized spacial score (nSPS) is 22.4. The summed E-state index contributed by atoms with van der Waals surface area (Å²) >= 11 is 0. The van der Waals surface area contributed by atoms with Crippen LogP contribution in [0.4, 0.5) is 32.0 Å². The third-order valence-electron chi connectivity index (χ3n) is 5.31. The van der Waals surface area contributed by atoms with E-state index in [0.717, 1.165) is 12.1 Å². The van der Waals surface area contributed by atoms with Gasteiger partial charge in [-0.05, 0) is 26.0 Å². The number of alkyl halides is 5. The number of hydrogen-bond acceptors (Lipinski definition) is 7. The number of anilines is 1. The number of aliphatic hydroxyl groups excluding tert-OH is 1. The van der Waals surface area contributed by atoms with E-state index in [1.54, 1.807) is 0 Å². The molecule has 15 heteroatoms. The Morgan fingerprint density at radius 2 is 1.83 bits per heavy atom. The molecular weight excluding hydrogens is 492 g/mol. The summed E-state index contributed by atoms with van der Waals surface area (Å²) in [6.45, 7) is -0.693. The van der Waals surface area contributed by atoms with Crippen LogP contribution in [-0.2, 0) is 14.3 Å². The molecule has 4 N–H and O–H groups in total. The van der Waals surface area contributed by atoms with Crippen LogP contribution >= 0.6 is 0 Å². The molecule has 9 nitrogen and oxygen atoms in total. The number of carbonyl (C=O) groups excluding carboxylic acids is 2. The molecule has 0 bridgehead atoms. The molecule has 1 heterocycles. The maximum Gasteiger partial charge on any atom is 0.455 e. The molecule has 1 aliphatic rings. The average Bonchev–Trinajstić information content (AvgIpc) is 2.86. The smallest absolute Gasteiger partial charge is 0.455 e. The molecule has 0 spiro atoms. The van der Waals surface area contributed by atoms with Crippen LogP contribution in [0.3, 0.4) is 0 Å². The second-order valence-electron chi connectivity index (χ2n) is 7.93. The zero-order valence-corrected chi connectivity index (χ0v) is 18.8. The Kier molecular flexibility index (Phi) is 8.50. The molecule has 0 saturated carbocycles. The van der Waals surface area contributed by atoms with Gasteiger partial charge >= 0.3 is 12.1 Å². The quantitative estimate of drug-likeness (QED) is 0.299. The van der Waals surface area contributed by atoms with Gasteiger partial charge in [-0.15, -0.1) is 0 Å². The van der Waals surface area contributed by atoms with Crippen molar-refractivity contribution in [2.24, 2.45) is 0 Å². The number of nitrogens with one attached hydrogen (secondary N) is 2. The number of nitrogens with zero attached hydrogens (tertiary/aromatic N) is 1. The lowest BCUT2D eigenvalue weighted by atomic mass is 10.0. The van der Waals surface area contributed by atoms with Crippen LogP contribution < -0.4 is 20.3 Å². The van der Waals surface area contributed by atoms with Crippen LogP contribution in [0, 0.1) is 5.82 Å². The van der Waals surface area contributed by atoms with Crippen LogP contribution in [0.25, 0.3) is 0 Å². The Morgan fingerprint density at radius 1 is 1.20 bits per heavy atom. The van der Waals surface area contributed by atoms with Gasteiger partial charge in [0.05, 0.1) is 18.8 Å². The average molecular weight is 517 g/mol. The van der Waals surface area contributed by atoms with Crippen molar-refractivity contribution in [2.75, 3.05) is 31.7 Å². The summed E-state index contributed by atoms with van der Waals surface area (Å²) in [6.07, 6.45) is -8.07. The molecule has 1 aromatic rings. The summed E-state index contributed by atoms with van der Waals surface area (Å²) < 4.78 is 88.3. The predicted molar refractivity (Wildman–Crippen MR) is 108 cm³/mol. The monoisotopic (exact) mass is 517 g/mol. The topological polar surface area (TPSA) is 120 Å². The van der Waals surface area contributed by atoms with Crippen LogP contribution in [0.5, 0.6) is 5.75 Å². The van der Waals surface area contributed by atoms with E-state index in [1.165, 1.54) is 30.3 Å². The molecule has 1 aromatic carbocycles. The first-order valence-corrected chi connectivity index (χ1v) is 10.2. The third-order valence-corrected chi connectivity index (χ3v) is 5.31. The molecule has 4 atom stereocenters. The fourth-order valence-electron chi connectivity index (χ4n) is 3.33. The Bertz CT molecular complexity index is 929. The second-order valence-corrected chi connectivity index (χ2v) is 7.93. The largest absolute Gasteiger partial charge is 0.486 e. The molecule has 4 unspecified atom stereocenters. The van der Waals surface area contributed by atoms with Gasteiger partial charge in [-0.1, -0.05) is 0 Å². The fourth-order valence-corrected chi connectivity index (χ4v) is 3.33. The maximum absolute atomic E-state index is 13.9. The number of aliphatic hydroxyl groups is 2. The summed E-state index contributed by atoms with van der Waals surface area (Å²) in [5, 5.41) is 23.3. The van der Waals surface area contributed by atoms with Crippen molar-refractivity contribution < 1.29 is 55.6 Å². The van der Waals surface area contributed by atoms with Crippen molar-refractivity contribution in [2.45, 2.75) is 49.9 Å². The van der Waals surface area contributed by atoms with E-state index in [9.17, 15) is 46.1 Å². The van der Waals surface area contributed by atoms with Crippen molar-refractivity contribution >= 4 is 17.5 Å². The van der Waals surface area contributed by atoms with Gasteiger partial charge in [0.25, 0.3) is 11.8 Å². The van der Waals surface area contributed by atoms with E-state index in [-0.39, 0.29) is 18.0 Å². The van der Waals surface area contributed by atoms with E-state index < -0.39 is 66.9 Å². The molecule has 198 valence electrons. The highest BCUT2D eigenvalue weighted by atomic mass is 19.4. The lowest BCUT2D eigenvalue weighted by Crippen LogP contribution is -2.64. The maximum atomic E-state index is 13.9. The van der Waals surface area contributed by atoms with Gasteiger partial charge in [0, 0.05) is 19.7 Å². The van der Waals surface area contributed by atoms with Crippen LogP contribution in [0.15, 0.2) is 18.2 Å². The van der Waals surface area contributed by atoms with Crippen LogP contribution in [0.1, 0.15) is 13.8 Å². The van der Waals surface area contributed by atoms with E-state index >= 15 is 0 Å². The van der Waals surface area contributed by atoms with E-state index in [0.29, 0.717) is 6.92 Å². The predicted octanol–water partition coefficient (Wildman–Crippen LogP) is 0.927. The first-order valence-electron chi connectivity index (χ1n) is 10.2. The fraction of sp³-hybridized carbons (Fsp3) is 0.600. The number of β-amino-alcohol motifs (C(OH)–C–C–N with tert-alkyl or cyclic N) is 1. The molecule has 0 radical (unpaired) electrons. The summed E-state index contributed by atoms with van der Waals surface area (Å²) in [6, 6.07) is 2.30. The Labute approximate surface area is 196 Å². The number of halogens is 6. The number of fused-ring (bicyclic) bond motifs is 1. The van der Waals surface area contributed by atoms with Crippen molar-refractivity contribution in [3.8, 4) is 5.75 Å². The van der Waals surface area contributed by atoms with E-state index in [4.69, 9.17) is 9.47 Å². The number of hydrogen-bond donors (Lipinski definition) is 4. The summed E-state index contributed by atoms with van der Waals surface area (Å²) in [4.78, 5) is 26.2. The number of amides is 2. The minimum Gasteiger partial charge on any atom is -0.486 e. The van der Waals surface area contributed by atoms with Gasteiger partial charge in [0.1, 0.15) is 23.7 Å². The molecule has 2 rings (SSSR count). The van der Waals surface area contributed by atoms with Crippen molar-refractivity contribution in [1.29, 1.82) is 0 Å². The van der Waals surface area contributed by atoms with Gasteiger partial charge in [-0.25, -0.2) is 4.39 Å². The zero-order chi connectivity index (χ0) is 26.8. The summed E-state index contributed by atoms with van der Waals surface area (Å²) in [5.41, 5.74) is -2.92. The Balaban J connectivity index is 2.27. The van der Waals surface area contributed by atoms with Gasteiger partial charge < -0.3 is 35.2 Å². The summed E-state index contributed by atoms with van der Waals surface area (Å²) in [5.74, 6) is -9.06. The highest BCUT2D eigenvalue weighted by molar-refractivity contribution is 6.07. The molecule has 0 fully saturated rings. The van der Waals surface area contributed by atoms with Gasteiger partial charge in [-0.3, -0.25) is 9.59 Å². The number of methoxy groups -OCH3 is 1. The van der Waals surface area contributed by atoms with E-state index in [1.807, 2.05) is 0 Å². The molecule has 1 aliphatic heterocycles. The molecular formula is C20H25F6N3O6. The molecule has 0 aromatic heterocycles. The van der Waals surface area contributed by atoms with Crippen molar-refractivity contribution in [1.82, 2.24) is 10.6 Å². The molecule has 35 heavy (non-hydrogen) atoms. The zero-order valence-electron chi connectivity index (χ0n) is 18.8. The molecule has 0 aliphatic carbocycles. The van der Waals surface area contributed by atoms with Gasteiger partial charge in [0.15, 0.2) is 6.23 Å². The Hall–Kier alpha value is -2.78. The first-order chi connectivity index (χ1) is 16.1. The molecule has 2 amide bonds. The SMILES string of the molecule is COC1C(NC(=O)C(C)(O)C(=O)NCC(F)(F)C(F)(F)F)C(C)Oc2ccc(F)cc2N1CCO. The van der Waals surface area contributed by atoms with Crippen molar-refractivity contribution in [3.05, 3.63) is 24.0 Å². The summed E-state index contributed by atoms with van der Waals surface area (Å²) in [7, 11) is 1.22. The lowest BCUT2D eigenvalue weighted by Gasteiger charge is -2.37. The van der Waals surface area contributed by atoms with Crippen LogP contribution in [0.2, 0.25) is 0 Å². The number of rotatable bonds is 8. The van der Waals surface area contributed by atoms with Crippen LogP contribution in [-0.4, -0.2) is 84.9 Å². The standard InChI is InChI=1S/C20H25F6N3O6/c1-10-14(15(34-3)29(6-7-30)12-8-11(21)4-5-13(12)35-10)28-17(32)18(2,33)16(31)27-9-19(22,23)20(24,25)26/h4-5,8,10,14-15,30,33H,6-7,9H2,1-3H3,(H,27,31)(H,28,32). The van der Waals surface area contributed by atoms with Gasteiger partial charge in [-0.2, -0.15) is 22.0 Å².